The van der Waals surface area contributed by atoms with Crippen LogP contribution in [0.15, 0.2) is 59.1 Å². The molecule has 4 rings (SSSR count). The van der Waals surface area contributed by atoms with Crippen LogP contribution in [0.4, 0.5) is 0 Å². The summed E-state index contributed by atoms with van der Waals surface area (Å²) >= 11 is 0. The summed E-state index contributed by atoms with van der Waals surface area (Å²) in [5, 5.41) is 10.1. The first-order valence-corrected chi connectivity index (χ1v) is 12.8. The Bertz CT molecular complexity index is 1260. The smallest absolute Gasteiger partial charge is 0.257 e. The summed E-state index contributed by atoms with van der Waals surface area (Å²) in [5.74, 6) is 0.202. The van der Waals surface area contributed by atoms with Gasteiger partial charge in [-0.2, -0.15) is 0 Å². The second kappa shape index (κ2) is 12.4. The Kier molecular flexibility index (Phi) is 8.78. The fourth-order valence-corrected chi connectivity index (χ4v) is 4.71. The maximum atomic E-state index is 13.3. The van der Waals surface area contributed by atoms with Crippen LogP contribution in [0.1, 0.15) is 47.4 Å². The van der Waals surface area contributed by atoms with Crippen molar-refractivity contribution in [2.24, 2.45) is 5.92 Å². The number of hydrogen-bond acceptors (Lipinski definition) is 6. The number of aromatic nitrogens is 1. The molecule has 200 valence electrons. The molecule has 2 aromatic carbocycles. The lowest BCUT2D eigenvalue weighted by molar-refractivity contribution is -0.135. The predicted octanol–water partition coefficient (Wildman–Crippen LogP) is 3.72. The van der Waals surface area contributed by atoms with Crippen molar-refractivity contribution in [1.82, 2.24) is 20.7 Å². The van der Waals surface area contributed by atoms with Crippen LogP contribution in [0, 0.1) is 12.8 Å². The maximum Gasteiger partial charge on any atom is 0.257 e. The highest BCUT2D eigenvalue weighted by Gasteiger charge is 2.29. The van der Waals surface area contributed by atoms with Crippen molar-refractivity contribution in [3.8, 4) is 17.0 Å². The minimum Gasteiger partial charge on any atom is -0.497 e. The monoisotopic (exact) mass is 518 g/mol. The zero-order valence-corrected chi connectivity index (χ0v) is 22.0. The molecule has 1 aliphatic rings. The second-order valence-electron chi connectivity index (χ2n) is 9.67. The highest BCUT2D eigenvalue weighted by molar-refractivity contribution is 6.01. The summed E-state index contributed by atoms with van der Waals surface area (Å²) in [4.78, 5) is 40.8. The largest absolute Gasteiger partial charge is 0.497 e. The summed E-state index contributed by atoms with van der Waals surface area (Å²) in [5.41, 5.74) is 2.62. The first-order valence-electron chi connectivity index (χ1n) is 12.8. The maximum absolute atomic E-state index is 13.3. The average Bonchev–Trinajstić information content (AvgIpc) is 3.34. The zero-order chi connectivity index (χ0) is 27.1. The number of carbonyl (C=O) groups excluding carboxylic acids is 3. The van der Waals surface area contributed by atoms with Gasteiger partial charge in [-0.05, 0) is 37.5 Å². The van der Waals surface area contributed by atoms with Crippen LogP contribution in [0.25, 0.3) is 11.3 Å². The second-order valence-corrected chi connectivity index (χ2v) is 9.67. The van der Waals surface area contributed by atoms with Crippen molar-refractivity contribution in [3.05, 3.63) is 71.5 Å². The van der Waals surface area contributed by atoms with E-state index in [1.807, 2.05) is 54.6 Å². The van der Waals surface area contributed by atoms with Gasteiger partial charge < -0.3 is 24.8 Å². The molecule has 38 heavy (non-hydrogen) atoms. The van der Waals surface area contributed by atoms with Gasteiger partial charge in [-0.25, -0.2) is 0 Å². The molecule has 2 N–H and O–H groups in total. The molecule has 0 saturated carbocycles. The molecule has 0 radical (unpaired) electrons. The SMILES string of the molecule is COc1ccc(CNC(=O)[C@@H]2CCC[C@@H](NC(=O)c3c(-c4ccccc4)noc3C)CN(C)C(=O)C2)cc1. The lowest BCUT2D eigenvalue weighted by atomic mass is 9.96. The van der Waals surface area contributed by atoms with E-state index < -0.39 is 5.92 Å². The summed E-state index contributed by atoms with van der Waals surface area (Å²) < 4.78 is 10.5. The fraction of sp³-hybridized carbons (Fsp3) is 0.379. The molecule has 0 unspecified atom stereocenters. The molecule has 0 spiro atoms. The van der Waals surface area contributed by atoms with E-state index in [2.05, 4.69) is 15.8 Å². The van der Waals surface area contributed by atoms with Gasteiger partial charge in [-0.3, -0.25) is 14.4 Å². The molecule has 2 atom stereocenters. The summed E-state index contributed by atoms with van der Waals surface area (Å²) in [6.07, 6.45) is 2.02. The van der Waals surface area contributed by atoms with Crippen LogP contribution in [0.2, 0.25) is 0 Å². The minimum atomic E-state index is -0.428. The highest BCUT2D eigenvalue weighted by Crippen LogP contribution is 2.26. The van der Waals surface area contributed by atoms with E-state index in [4.69, 9.17) is 9.26 Å². The van der Waals surface area contributed by atoms with Crippen LogP contribution in [0.3, 0.4) is 0 Å². The van der Waals surface area contributed by atoms with Gasteiger partial charge in [0.1, 0.15) is 22.8 Å². The molecular weight excluding hydrogens is 484 g/mol. The third kappa shape index (κ3) is 6.59. The van der Waals surface area contributed by atoms with Crippen molar-refractivity contribution < 1.29 is 23.6 Å². The van der Waals surface area contributed by atoms with Gasteiger partial charge in [0.2, 0.25) is 11.8 Å². The van der Waals surface area contributed by atoms with Gasteiger partial charge in [0.05, 0.1) is 7.11 Å². The van der Waals surface area contributed by atoms with Crippen molar-refractivity contribution in [3.63, 3.8) is 0 Å². The lowest BCUT2D eigenvalue weighted by Gasteiger charge is -2.24. The van der Waals surface area contributed by atoms with Crippen LogP contribution >= 0.6 is 0 Å². The number of carbonyl (C=O) groups is 3. The van der Waals surface area contributed by atoms with E-state index in [1.165, 1.54) is 0 Å². The number of nitrogens with zero attached hydrogens (tertiary/aromatic N) is 2. The molecule has 1 saturated heterocycles. The molecule has 1 aliphatic heterocycles. The number of nitrogens with one attached hydrogen (secondary N) is 2. The number of aryl methyl sites for hydroxylation is 1. The Morgan fingerprint density at radius 1 is 1.11 bits per heavy atom. The Labute approximate surface area is 222 Å². The zero-order valence-electron chi connectivity index (χ0n) is 22.0. The van der Waals surface area contributed by atoms with E-state index in [1.54, 1.807) is 26.0 Å². The molecular formula is C29H34N4O5. The van der Waals surface area contributed by atoms with Crippen molar-refractivity contribution in [2.45, 2.75) is 45.2 Å². The van der Waals surface area contributed by atoms with E-state index in [-0.39, 0.29) is 30.2 Å². The van der Waals surface area contributed by atoms with Gasteiger partial charge in [-0.1, -0.05) is 54.0 Å². The number of benzene rings is 2. The predicted molar refractivity (Wildman–Crippen MR) is 142 cm³/mol. The van der Waals surface area contributed by atoms with Gasteiger partial charge in [0.25, 0.3) is 5.91 Å². The lowest BCUT2D eigenvalue weighted by Crippen LogP contribution is -2.44. The van der Waals surface area contributed by atoms with Crippen molar-refractivity contribution in [1.29, 1.82) is 0 Å². The normalized spacial score (nSPS) is 18.2. The van der Waals surface area contributed by atoms with Gasteiger partial charge in [0, 0.05) is 44.1 Å². The summed E-state index contributed by atoms with van der Waals surface area (Å²) in [6, 6.07) is 16.6. The first kappa shape index (κ1) is 26.9. The number of methoxy groups -OCH3 is 1. The number of amides is 3. The molecule has 1 aromatic heterocycles. The molecule has 0 bridgehead atoms. The molecule has 0 aliphatic carbocycles. The number of likely N-dealkylation sites (N-methyl/N-ethyl adjacent to an activating group) is 1. The third-order valence-electron chi connectivity index (χ3n) is 6.92. The highest BCUT2D eigenvalue weighted by atomic mass is 16.5. The van der Waals surface area contributed by atoms with Gasteiger partial charge >= 0.3 is 0 Å². The van der Waals surface area contributed by atoms with Crippen LogP contribution < -0.4 is 15.4 Å². The van der Waals surface area contributed by atoms with Gasteiger partial charge in [0.15, 0.2) is 0 Å². The molecule has 3 aromatic rings. The molecule has 9 heteroatoms. The quantitative estimate of drug-likeness (QED) is 0.493. The molecule has 9 nitrogen and oxygen atoms in total. The standard InChI is InChI=1S/C29H34N4O5/c1-19-26(27(32-38-19)21-8-5-4-6-9-21)29(36)31-23-11-7-10-22(16-25(34)33(2)18-23)28(35)30-17-20-12-14-24(37-3)15-13-20/h4-6,8-9,12-15,22-23H,7,10-11,16-18H2,1-3H3,(H,30,35)(H,31,36)/t22-,23-/m1/s1. The number of rotatable bonds is 7. The molecule has 2 heterocycles. The Balaban J connectivity index is 1.38. The topological polar surface area (TPSA) is 114 Å². The van der Waals surface area contributed by atoms with Crippen molar-refractivity contribution >= 4 is 17.7 Å². The summed E-state index contributed by atoms with van der Waals surface area (Å²) in [6.45, 7) is 2.45. The van der Waals surface area contributed by atoms with Crippen molar-refractivity contribution in [2.75, 3.05) is 20.7 Å². The Morgan fingerprint density at radius 2 is 1.84 bits per heavy atom. The summed E-state index contributed by atoms with van der Waals surface area (Å²) in [7, 11) is 3.31. The first-order chi connectivity index (χ1) is 18.4. The molecule has 3 amide bonds. The average molecular weight is 519 g/mol. The third-order valence-corrected chi connectivity index (χ3v) is 6.92. The number of hydrogen-bond donors (Lipinski definition) is 2. The minimum absolute atomic E-state index is 0.123. The van der Waals surface area contributed by atoms with Crippen LogP contribution in [-0.2, 0) is 16.1 Å². The van der Waals surface area contributed by atoms with E-state index in [0.29, 0.717) is 49.4 Å². The van der Waals surface area contributed by atoms with E-state index in [9.17, 15) is 14.4 Å². The van der Waals surface area contributed by atoms with Crippen LogP contribution in [-0.4, -0.2) is 54.5 Å². The Morgan fingerprint density at radius 3 is 2.55 bits per heavy atom. The van der Waals surface area contributed by atoms with Crippen LogP contribution in [0.5, 0.6) is 5.75 Å². The fourth-order valence-electron chi connectivity index (χ4n) is 4.71. The van der Waals surface area contributed by atoms with E-state index >= 15 is 0 Å². The molecule has 1 fully saturated rings. The number of ether oxygens (including phenoxy) is 1. The van der Waals surface area contributed by atoms with E-state index in [0.717, 1.165) is 16.9 Å². The Hall–Kier alpha value is -4.14. The van der Waals surface area contributed by atoms with Gasteiger partial charge in [-0.15, -0.1) is 0 Å².